The van der Waals surface area contributed by atoms with Crippen LogP contribution in [-0.2, 0) is 0 Å². The van der Waals surface area contributed by atoms with E-state index in [0.717, 1.165) is 44.7 Å². The number of para-hydroxylation sites is 3. The maximum atomic E-state index is 4.96. The fraction of sp³-hybridized carbons (Fsp3) is 0. The van der Waals surface area contributed by atoms with Crippen LogP contribution in [0.4, 0.5) is 0 Å². The van der Waals surface area contributed by atoms with E-state index in [1.165, 1.54) is 38.3 Å². The van der Waals surface area contributed by atoms with Gasteiger partial charge in [0.05, 0.1) is 22.2 Å². The van der Waals surface area contributed by atoms with Gasteiger partial charge in [0.2, 0.25) is 0 Å². The highest BCUT2D eigenvalue weighted by atomic mass is 15.1. The van der Waals surface area contributed by atoms with Crippen molar-refractivity contribution in [1.82, 2.24) is 23.9 Å². The zero-order chi connectivity index (χ0) is 37.0. The minimum Gasteiger partial charge on any atom is -0.293 e. The molecule has 3 aromatic heterocycles. The monoisotopic (exact) mass is 715 g/mol. The van der Waals surface area contributed by atoms with Crippen molar-refractivity contribution in [3.8, 4) is 62.1 Å². The third-order valence-corrected chi connectivity index (χ3v) is 10.8. The van der Waals surface area contributed by atoms with Crippen LogP contribution in [0.3, 0.4) is 0 Å². The van der Waals surface area contributed by atoms with Crippen molar-refractivity contribution in [2.45, 2.75) is 0 Å². The van der Waals surface area contributed by atoms with Crippen molar-refractivity contribution in [2.24, 2.45) is 0 Å². The molecule has 0 aliphatic rings. The summed E-state index contributed by atoms with van der Waals surface area (Å²) in [7, 11) is 0. The first-order chi connectivity index (χ1) is 27.8. The molecule has 5 nitrogen and oxygen atoms in total. The van der Waals surface area contributed by atoms with E-state index in [0.29, 0.717) is 17.5 Å². The molecule has 0 atom stereocenters. The van der Waals surface area contributed by atoms with Gasteiger partial charge >= 0.3 is 0 Å². The summed E-state index contributed by atoms with van der Waals surface area (Å²) in [4.78, 5) is 14.8. The van der Waals surface area contributed by atoms with Gasteiger partial charge in [-0.05, 0) is 46.3 Å². The van der Waals surface area contributed by atoms with E-state index in [4.69, 9.17) is 15.0 Å². The predicted molar refractivity (Wildman–Crippen MR) is 230 cm³/mol. The minimum atomic E-state index is 0.641. The third-order valence-electron chi connectivity index (χ3n) is 10.8. The molecule has 3 heterocycles. The normalized spacial score (nSPS) is 11.6. The van der Waals surface area contributed by atoms with Crippen LogP contribution in [0.5, 0.6) is 0 Å². The van der Waals surface area contributed by atoms with E-state index in [-0.39, 0.29) is 0 Å². The Morgan fingerprint density at radius 3 is 1.36 bits per heavy atom. The minimum absolute atomic E-state index is 0.641. The topological polar surface area (TPSA) is 48.0 Å². The van der Waals surface area contributed by atoms with Crippen molar-refractivity contribution in [3.63, 3.8) is 0 Å². The standard InChI is InChI=1S/C51H33N5/c1-4-16-35(17-5-1)47-42-24-12-13-25-43(42)55-45-26-14-15-27-46(45)56(51(47)55)44-33-32-39(40-22-10-11-23-41(40)44)34-28-30-38(31-29-34)50-53-48(36-18-6-2-7-19-36)52-49(54-50)37-20-8-3-9-21-37/h1-33H. The largest absolute Gasteiger partial charge is 0.293 e. The highest BCUT2D eigenvalue weighted by Crippen LogP contribution is 2.43. The van der Waals surface area contributed by atoms with E-state index in [9.17, 15) is 0 Å². The Labute approximate surface area is 323 Å². The summed E-state index contributed by atoms with van der Waals surface area (Å²) >= 11 is 0. The Balaban J connectivity index is 1.08. The van der Waals surface area contributed by atoms with Crippen molar-refractivity contribution in [2.75, 3.05) is 0 Å². The maximum Gasteiger partial charge on any atom is 0.164 e. The second-order valence-electron chi connectivity index (χ2n) is 14.0. The van der Waals surface area contributed by atoms with Gasteiger partial charge in [-0.2, -0.15) is 0 Å². The van der Waals surface area contributed by atoms with Crippen LogP contribution in [0.15, 0.2) is 200 Å². The van der Waals surface area contributed by atoms with Crippen molar-refractivity contribution >= 4 is 38.4 Å². The summed E-state index contributed by atoms with van der Waals surface area (Å²) in [6.07, 6.45) is 0. The molecule has 0 unspecified atom stereocenters. The van der Waals surface area contributed by atoms with Crippen LogP contribution in [0.1, 0.15) is 0 Å². The Kier molecular flexibility index (Phi) is 7.42. The summed E-state index contributed by atoms with van der Waals surface area (Å²) in [5, 5.41) is 3.60. The molecule has 0 N–H and O–H groups in total. The molecular weight excluding hydrogens is 683 g/mol. The van der Waals surface area contributed by atoms with Crippen LogP contribution >= 0.6 is 0 Å². The fourth-order valence-corrected chi connectivity index (χ4v) is 8.24. The highest BCUT2D eigenvalue weighted by Gasteiger charge is 2.23. The van der Waals surface area contributed by atoms with Gasteiger partial charge in [0.15, 0.2) is 17.5 Å². The molecule has 0 aliphatic heterocycles. The number of rotatable bonds is 6. The lowest BCUT2D eigenvalue weighted by Crippen LogP contribution is -2.00. The Hall–Kier alpha value is -7.63. The molecule has 0 saturated carbocycles. The number of aromatic nitrogens is 5. The van der Waals surface area contributed by atoms with Crippen LogP contribution in [0, 0.1) is 0 Å². The molecule has 262 valence electrons. The fourth-order valence-electron chi connectivity index (χ4n) is 8.24. The first-order valence-corrected chi connectivity index (χ1v) is 18.9. The van der Waals surface area contributed by atoms with Crippen LogP contribution in [-0.4, -0.2) is 23.9 Å². The summed E-state index contributed by atoms with van der Waals surface area (Å²) < 4.78 is 4.89. The van der Waals surface area contributed by atoms with E-state index in [1.54, 1.807) is 0 Å². The first-order valence-electron chi connectivity index (χ1n) is 18.9. The molecule has 5 heteroatoms. The van der Waals surface area contributed by atoms with E-state index < -0.39 is 0 Å². The molecule has 0 fully saturated rings. The van der Waals surface area contributed by atoms with Gasteiger partial charge in [0, 0.05) is 33.0 Å². The molecule has 11 rings (SSSR count). The average Bonchev–Trinajstić information content (AvgIpc) is 3.79. The molecule has 11 aromatic rings. The molecule has 0 bridgehead atoms. The van der Waals surface area contributed by atoms with Gasteiger partial charge < -0.3 is 0 Å². The summed E-state index contributed by atoms with van der Waals surface area (Å²) in [6.45, 7) is 0. The molecule has 0 amide bonds. The molecular formula is C51H33N5. The third kappa shape index (κ3) is 5.13. The number of fused-ring (bicyclic) bond motifs is 6. The van der Waals surface area contributed by atoms with Crippen molar-refractivity contribution in [1.29, 1.82) is 0 Å². The molecule has 0 saturated heterocycles. The van der Waals surface area contributed by atoms with E-state index >= 15 is 0 Å². The molecule has 8 aromatic carbocycles. The lowest BCUT2D eigenvalue weighted by molar-refractivity contribution is 1.07. The van der Waals surface area contributed by atoms with Crippen LogP contribution in [0.25, 0.3) is 100 Å². The zero-order valence-corrected chi connectivity index (χ0v) is 30.3. The lowest BCUT2D eigenvalue weighted by atomic mass is 9.96. The molecule has 0 aliphatic carbocycles. The van der Waals surface area contributed by atoms with Gasteiger partial charge in [0.25, 0.3) is 0 Å². The second-order valence-corrected chi connectivity index (χ2v) is 14.0. The van der Waals surface area contributed by atoms with Gasteiger partial charge in [-0.3, -0.25) is 8.97 Å². The lowest BCUT2D eigenvalue weighted by Gasteiger charge is -2.15. The van der Waals surface area contributed by atoms with Crippen LogP contribution in [0.2, 0.25) is 0 Å². The quantitative estimate of drug-likeness (QED) is 0.172. The van der Waals surface area contributed by atoms with Gasteiger partial charge in [-0.25, -0.2) is 15.0 Å². The molecule has 0 radical (unpaired) electrons. The highest BCUT2D eigenvalue weighted by molar-refractivity contribution is 6.11. The Morgan fingerprint density at radius 1 is 0.304 bits per heavy atom. The average molecular weight is 716 g/mol. The SMILES string of the molecule is c1ccc(-c2nc(-c3ccccc3)nc(-c3ccc(-c4ccc(-n5c6ccccc6n6c7ccccc7c(-c7ccccc7)c56)c5ccccc45)cc3)n2)cc1. The van der Waals surface area contributed by atoms with Gasteiger partial charge in [-0.15, -0.1) is 0 Å². The maximum absolute atomic E-state index is 4.96. The van der Waals surface area contributed by atoms with Gasteiger partial charge in [0.1, 0.15) is 5.65 Å². The number of hydrogen-bond donors (Lipinski definition) is 0. The number of imidazole rings is 1. The van der Waals surface area contributed by atoms with Gasteiger partial charge in [-0.1, -0.05) is 176 Å². The summed E-state index contributed by atoms with van der Waals surface area (Å²) in [5.41, 5.74) is 13.4. The van der Waals surface area contributed by atoms with E-state index in [1.807, 2.05) is 60.7 Å². The van der Waals surface area contributed by atoms with Crippen LogP contribution < -0.4 is 0 Å². The number of hydrogen-bond acceptors (Lipinski definition) is 3. The summed E-state index contributed by atoms with van der Waals surface area (Å²) in [6, 6.07) is 70.4. The first kappa shape index (κ1) is 31.9. The molecule has 56 heavy (non-hydrogen) atoms. The predicted octanol–water partition coefficient (Wildman–Crippen LogP) is 12.7. The van der Waals surface area contributed by atoms with Crippen molar-refractivity contribution in [3.05, 3.63) is 200 Å². The Bertz CT molecular complexity index is 3160. The number of benzene rings is 8. The summed E-state index contributed by atoms with van der Waals surface area (Å²) in [5.74, 6) is 1.94. The number of nitrogens with zero attached hydrogens (tertiary/aromatic N) is 5. The van der Waals surface area contributed by atoms with E-state index in [2.05, 4.69) is 148 Å². The second kappa shape index (κ2) is 13.0. The zero-order valence-electron chi connectivity index (χ0n) is 30.3. The van der Waals surface area contributed by atoms with Crippen molar-refractivity contribution < 1.29 is 0 Å². The molecule has 0 spiro atoms. The Morgan fingerprint density at radius 2 is 0.750 bits per heavy atom. The smallest absolute Gasteiger partial charge is 0.164 e.